The average Bonchev–Trinajstić information content (AvgIpc) is 3.09. The van der Waals surface area contributed by atoms with Crippen LogP contribution in [0.15, 0.2) is 24.3 Å². The Morgan fingerprint density at radius 1 is 1.08 bits per heavy atom. The predicted octanol–water partition coefficient (Wildman–Crippen LogP) is 5.76. The lowest BCUT2D eigenvalue weighted by Gasteiger charge is -2.32. The van der Waals surface area contributed by atoms with Gasteiger partial charge in [-0.2, -0.15) is 4.39 Å². The number of hydrogen-bond donors (Lipinski definition) is 0. The molecule has 0 amide bonds. The Hall–Kier alpha value is -1.42. The molecule has 2 atom stereocenters. The van der Waals surface area contributed by atoms with Gasteiger partial charge in [0.1, 0.15) is 0 Å². The van der Waals surface area contributed by atoms with Gasteiger partial charge in [0.2, 0.25) is 5.82 Å². The molecule has 0 bridgehead atoms. The van der Waals surface area contributed by atoms with Crippen LogP contribution >= 0.6 is 0 Å². The molecular weight excluding hydrogens is 322 g/mol. The van der Waals surface area contributed by atoms with E-state index < -0.39 is 11.6 Å². The normalized spacial score (nSPS) is 30.1. The summed E-state index contributed by atoms with van der Waals surface area (Å²) in [6, 6.07) is 3.26. The van der Waals surface area contributed by atoms with E-state index in [1.54, 1.807) is 19.1 Å². The summed E-state index contributed by atoms with van der Waals surface area (Å²) in [5.41, 5.74) is 0.499. The highest BCUT2D eigenvalue weighted by atomic mass is 19.2. The second-order valence-corrected chi connectivity index (χ2v) is 7.14. The topological polar surface area (TPSA) is 18.5 Å². The third-order valence-electron chi connectivity index (χ3n) is 5.61. The van der Waals surface area contributed by atoms with E-state index in [1.807, 2.05) is 13.0 Å². The summed E-state index contributed by atoms with van der Waals surface area (Å²) >= 11 is 0. The Labute approximate surface area is 149 Å². The Morgan fingerprint density at radius 3 is 2.52 bits per heavy atom. The largest absolute Gasteiger partial charge is 0.491 e. The summed E-state index contributed by atoms with van der Waals surface area (Å²) in [6.45, 7) is 4.11. The molecule has 1 saturated carbocycles. The van der Waals surface area contributed by atoms with E-state index in [0.29, 0.717) is 24.2 Å². The van der Waals surface area contributed by atoms with Crippen molar-refractivity contribution in [2.75, 3.05) is 6.61 Å². The van der Waals surface area contributed by atoms with Gasteiger partial charge in [0, 0.05) is 0 Å². The summed E-state index contributed by atoms with van der Waals surface area (Å²) < 4.78 is 39.8. The molecule has 138 valence electrons. The lowest BCUT2D eigenvalue weighted by atomic mass is 9.76. The van der Waals surface area contributed by atoms with Crippen LogP contribution < -0.4 is 4.74 Å². The molecular formula is C21H28F2O2. The first-order valence-electron chi connectivity index (χ1n) is 9.53. The molecule has 0 spiro atoms. The fourth-order valence-electron chi connectivity index (χ4n) is 4.32. The number of halogens is 2. The van der Waals surface area contributed by atoms with Crippen molar-refractivity contribution < 1.29 is 18.3 Å². The maximum absolute atomic E-state index is 14.4. The first kappa shape index (κ1) is 18.4. The molecule has 1 aliphatic heterocycles. The van der Waals surface area contributed by atoms with Crippen LogP contribution in [0.4, 0.5) is 8.78 Å². The monoisotopic (exact) mass is 350 g/mol. The molecule has 4 heteroatoms. The molecule has 2 aliphatic rings. The van der Waals surface area contributed by atoms with Crippen LogP contribution in [-0.4, -0.2) is 18.8 Å². The SMILES string of the molecule is C/C=C/C1CCC(C2CCC(c3ccc(OCC)c(F)c3F)CC2)O1. The molecule has 1 aromatic rings. The van der Waals surface area contributed by atoms with Crippen molar-refractivity contribution in [2.45, 2.75) is 70.5 Å². The predicted molar refractivity (Wildman–Crippen MR) is 94.9 cm³/mol. The summed E-state index contributed by atoms with van der Waals surface area (Å²) in [5.74, 6) is -0.947. The quantitative estimate of drug-likeness (QED) is 0.629. The minimum absolute atomic E-state index is 0.00631. The van der Waals surface area contributed by atoms with Gasteiger partial charge in [-0.05, 0) is 75.8 Å². The second kappa shape index (κ2) is 8.31. The average molecular weight is 350 g/mol. The molecule has 3 rings (SSSR count). The summed E-state index contributed by atoms with van der Waals surface area (Å²) in [5, 5.41) is 0. The Bertz CT molecular complexity index is 606. The van der Waals surface area contributed by atoms with E-state index in [4.69, 9.17) is 9.47 Å². The number of ether oxygens (including phenoxy) is 2. The van der Waals surface area contributed by atoms with E-state index in [9.17, 15) is 8.78 Å². The van der Waals surface area contributed by atoms with Crippen molar-refractivity contribution >= 4 is 0 Å². The van der Waals surface area contributed by atoms with Crippen molar-refractivity contribution in [2.24, 2.45) is 5.92 Å². The number of hydrogen-bond acceptors (Lipinski definition) is 2. The lowest BCUT2D eigenvalue weighted by molar-refractivity contribution is 0.0174. The molecule has 2 nitrogen and oxygen atoms in total. The van der Waals surface area contributed by atoms with Crippen LogP contribution in [0.25, 0.3) is 0 Å². The van der Waals surface area contributed by atoms with Crippen molar-refractivity contribution in [3.63, 3.8) is 0 Å². The highest BCUT2D eigenvalue weighted by Gasteiger charge is 2.34. The van der Waals surface area contributed by atoms with Crippen LogP contribution in [0.5, 0.6) is 5.75 Å². The van der Waals surface area contributed by atoms with Gasteiger partial charge in [-0.15, -0.1) is 0 Å². The van der Waals surface area contributed by atoms with Gasteiger partial charge in [0.25, 0.3) is 0 Å². The fraction of sp³-hybridized carbons (Fsp3) is 0.619. The smallest absolute Gasteiger partial charge is 0.200 e. The minimum atomic E-state index is -0.852. The molecule has 1 saturated heterocycles. The first-order valence-corrected chi connectivity index (χ1v) is 9.53. The Balaban J connectivity index is 1.60. The molecule has 2 unspecified atom stereocenters. The number of rotatable bonds is 5. The summed E-state index contributed by atoms with van der Waals surface area (Å²) in [4.78, 5) is 0. The Kier molecular flexibility index (Phi) is 6.10. The number of allylic oxidation sites excluding steroid dienone is 1. The zero-order chi connectivity index (χ0) is 17.8. The molecule has 25 heavy (non-hydrogen) atoms. The molecule has 0 radical (unpaired) electrons. The van der Waals surface area contributed by atoms with Crippen LogP contribution in [0.1, 0.15) is 63.9 Å². The van der Waals surface area contributed by atoms with Gasteiger partial charge < -0.3 is 9.47 Å². The van der Waals surface area contributed by atoms with E-state index in [2.05, 4.69) is 6.08 Å². The van der Waals surface area contributed by atoms with Crippen LogP contribution in [-0.2, 0) is 4.74 Å². The minimum Gasteiger partial charge on any atom is -0.491 e. The Morgan fingerprint density at radius 2 is 1.84 bits per heavy atom. The van der Waals surface area contributed by atoms with Gasteiger partial charge in [-0.3, -0.25) is 0 Å². The lowest BCUT2D eigenvalue weighted by Crippen LogP contribution is -2.26. The number of benzene rings is 1. The zero-order valence-corrected chi connectivity index (χ0v) is 15.1. The van der Waals surface area contributed by atoms with Gasteiger partial charge in [0.05, 0.1) is 18.8 Å². The van der Waals surface area contributed by atoms with Gasteiger partial charge in [-0.25, -0.2) is 4.39 Å². The molecule has 1 aliphatic carbocycles. The maximum atomic E-state index is 14.4. The van der Waals surface area contributed by atoms with E-state index in [1.165, 1.54) is 0 Å². The third kappa shape index (κ3) is 4.05. The molecule has 2 fully saturated rings. The fourth-order valence-corrected chi connectivity index (χ4v) is 4.32. The van der Waals surface area contributed by atoms with Crippen LogP contribution in [0, 0.1) is 17.6 Å². The molecule has 1 aromatic carbocycles. The van der Waals surface area contributed by atoms with Crippen molar-refractivity contribution in [3.8, 4) is 5.75 Å². The zero-order valence-electron chi connectivity index (χ0n) is 15.1. The van der Waals surface area contributed by atoms with Crippen molar-refractivity contribution in [1.29, 1.82) is 0 Å². The van der Waals surface area contributed by atoms with E-state index in [-0.39, 0.29) is 17.8 Å². The maximum Gasteiger partial charge on any atom is 0.200 e. The van der Waals surface area contributed by atoms with Crippen molar-refractivity contribution in [3.05, 3.63) is 41.5 Å². The van der Waals surface area contributed by atoms with Crippen LogP contribution in [0.2, 0.25) is 0 Å². The molecule has 1 heterocycles. The second-order valence-electron chi connectivity index (χ2n) is 7.14. The van der Waals surface area contributed by atoms with Crippen LogP contribution in [0.3, 0.4) is 0 Å². The van der Waals surface area contributed by atoms with Gasteiger partial charge in [0.15, 0.2) is 11.6 Å². The first-order chi connectivity index (χ1) is 12.1. The summed E-state index contributed by atoms with van der Waals surface area (Å²) in [6.07, 6.45) is 10.8. The third-order valence-corrected chi connectivity index (χ3v) is 5.61. The van der Waals surface area contributed by atoms with Crippen molar-refractivity contribution in [1.82, 2.24) is 0 Å². The van der Waals surface area contributed by atoms with E-state index >= 15 is 0 Å². The van der Waals surface area contributed by atoms with Gasteiger partial charge in [-0.1, -0.05) is 18.2 Å². The highest BCUT2D eigenvalue weighted by molar-refractivity contribution is 5.33. The molecule has 0 N–H and O–H groups in total. The van der Waals surface area contributed by atoms with Gasteiger partial charge >= 0.3 is 0 Å². The molecule has 0 aromatic heterocycles. The van der Waals surface area contributed by atoms with E-state index in [0.717, 1.165) is 38.5 Å². The highest BCUT2D eigenvalue weighted by Crippen LogP contribution is 2.42. The summed E-state index contributed by atoms with van der Waals surface area (Å²) in [7, 11) is 0. The standard InChI is InChI=1S/C21H28F2O2/c1-3-5-16-10-12-18(25-16)15-8-6-14(7-9-15)17-11-13-19(24-4-2)21(23)20(17)22/h3,5,11,13-16,18H,4,6-10,12H2,1-2H3/b5-3+.